The Kier molecular flexibility index (Phi) is 3.17. The van der Waals surface area contributed by atoms with Crippen LogP contribution in [0.25, 0.3) is 0 Å². The highest BCUT2D eigenvalue weighted by Crippen LogP contribution is 2.72. The number of anilines is 1. The second kappa shape index (κ2) is 5.03. The number of aliphatic carboxylic acids is 1. The number of carbonyl (C=O) groups excluding carboxylic acids is 2. The van der Waals surface area contributed by atoms with Gasteiger partial charge in [-0.3, -0.25) is 14.4 Å². The van der Waals surface area contributed by atoms with Crippen LogP contribution in [0.1, 0.15) is 30.1 Å². The van der Waals surface area contributed by atoms with Crippen molar-refractivity contribution in [1.82, 2.24) is 0 Å². The van der Waals surface area contributed by atoms with Crippen molar-refractivity contribution in [2.24, 2.45) is 29.1 Å². The lowest BCUT2D eigenvalue weighted by Gasteiger charge is -2.23. The first-order chi connectivity index (χ1) is 11.4. The lowest BCUT2D eigenvalue weighted by Crippen LogP contribution is -2.36. The quantitative estimate of drug-likeness (QED) is 0.658. The predicted molar refractivity (Wildman–Crippen MR) is 87.5 cm³/mol. The average Bonchev–Trinajstić information content (AvgIpc) is 3.21. The average molecular weight is 325 g/mol. The van der Waals surface area contributed by atoms with Gasteiger partial charge in [0.25, 0.3) is 0 Å². The number of nitrogens with one attached hydrogen (secondary N) is 1. The fourth-order valence-electron chi connectivity index (χ4n) is 4.70. The monoisotopic (exact) mass is 325 g/mol. The van der Waals surface area contributed by atoms with Gasteiger partial charge in [-0.2, -0.15) is 0 Å². The fourth-order valence-corrected chi connectivity index (χ4v) is 4.70. The molecule has 0 saturated heterocycles. The number of benzene rings is 1. The molecule has 3 aliphatic rings. The van der Waals surface area contributed by atoms with Crippen molar-refractivity contribution in [3.05, 3.63) is 42.0 Å². The normalized spacial score (nSPS) is 31.2. The SMILES string of the molecule is CC(=O)c1ccc(NC(=O)[C@H]2[C@H](C(=O)O)[C@H]3C=C[C@H]2C32CC2)cc1. The molecular weight excluding hydrogens is 306 g/mol. The van der Waals surface area contributed by atoms with Crippen molar-refractivity contribution in [3.63, 3.8) is 0 Å². The zero-order valence-electron chi connectivity index (χ0n) is 13.4. The summed E-state index contributed by atoms with van der Waals surface area (Å²) in [4.78, 5) is 35.8. The van der Waals surface area contributed by atoms with Gasteiger partial charge in [-0.1, -0.05) is 12.2 Å². The van der Waals surface area contributed by atoms with Gasteiger partial charge in [-0.05, 0) is 61.3 Å². The van der Waals surface area contributed by atoms with E-state index in [9.17, 15) is 19.5 Å². The topological polar surface area (TPSA) is 83.5 Å². The summed E-state index contributed by atoms with van der Waals surface area (Å²) >= 11 is 0. The first kappa shape index (κ1) is 15.1. The fraction of sp³-hybridized carbons (Fsp3) is 0.421. The van der Waals surface area contributed by atoms with E-state index < -0.39 is 17.8 Å². The van der Waals surface area contributed by atoms with Crippen LogP contribution in [-0.4, -0.2) is 22.8 Å². The molecule has 0 unspecified atom stereocenters. The predicted octanol–water partition coefficient (Wildman–Crippen LogP) is 2.74. The third-order valence-electron chi connectivity index (χ3n) is 5.99. The molecule has 24 heavy (non-hydrogen) atoms. The molecule has 124 valence electrons. The smallest absolute Gasteiger partial charge is 0.307 e. The number of carbonyl (C=O) groups is 3. The maximum absolute atomic E-state index is 12.8. The summed E-state index contributed by atoms with van der Waals surface area (Å²) in [5, 5.41) is 12.5. The van der Waals surface area contributed by atoms with Crippen LogP contribution in [-0.2, 0) is 9.59 Å². The number of hydrogen-bond donors (Lipinski definition) is 2. The Morgan fingerprint density at radius 2 is 1.62 bits per heavy atom. The number of carboxylic acids is 1. The molecule has 2 fully saturated rings. The highest BCUT2D eigenvalue weighted by atomic mass is 16.4. The molecule has 3 aliphatic carbocycles. The minimum absolute atomic E-state index is 0.0174. The van der Waals surface area contributed by atoms with E-state index in [1.807, 2.05) is 12.2 Å². The number of rotatable bonds is 4. The Morgan fingerprint density at radius 3 is 2.12 bits per heavy atom. The van der Waals surface area contributed by atoms with E-state index in [1.54, 1.807) is 24.3 Å². The molecule has 2 saturated carbocycles. The second-order valence-corrected chi connectivity index (χ2v) is 7.18. The number of allylic oxidation sites excluding steroid dienone is 2. The summed E-state index contributed by atoms with van der Waals surface area (Å²) in [5.74, 6) is -2.30. The summed E-state index contributed by atoms with van der Waals surface area (Å²) in [5.41, 5.74) is 1.19. The van der Waals surface area contributed by atoms with Gasteiger partial charge >= 0.3 is 5.97 Å². The summed E-state index contributed by atoms with van der Waals surface area (Å²) < 4.78 is 0. The molecule has 0 heterocycles. The molecule has 1 spiro atoms. The van der Waals surface area contributed by atoms with E-state index >= 15 is 0 Å². The standard InChI is InChI=1S/C19H19NO4/c1-10(21)11-2-4-12(5-3-11)20-17(22)15-13-6-7-14(16(15)18(23)24)19(13)8-9-19/h2-7,13-16H,8-9H2,1H3,(H,20,22)(H,23,24)/t13-,14-,15-,16-/m1/s1. The number of ketones is 1. The number of amides is 1. The lowest BCUT2D eigenvalue weighted by atomic mass is 9.82. The Labute approximate surface area is 139 Å². The van der Waals surface area contributed by atoms with Gasteiger partial charge < -0.3 is 10.4 Å². The van der Waals surface area contributed by atoms with Crippen molar-refractivity contribution in [2.75, 3.05) is 5.32 Å². The molecule has 4 rings (SSSR count). The molecule has 0 radical (unpaired) electrons. The molecular formula is C19H19NO4. The summed E-state index contributed by atoms with van der Waals surface area (Å²) in [6.45, 7) is 1.49. The van der Waals surface area contributed by atoms with Gasteiger partial charge in [-0.25, -0.2) is 0 Å². The van der Waals surface area contributed by atoms with E-state index in [4.69, 9.17) is 0 Å². The van der Waals surface area contributed by atoms with Crippen molar-refractivity contribution in [1.29, 1.82) is 0 Å². The largest absolute Gasteiger partial charge is 0.481 e. The third-order valence-corrected chi connectivity index (χ3v) is 5.99. The summed E-state index contributed by atoms with van der Waals surface area (Å²) in [6.07, 6.45) is 6.06. The second-order valence-electron chi connectivity index (χ2n) is 7.18. The lowest BCUT2D eigenvalue weighted by molar-refractivity contribution is -0.146. The molecule has 5 heteroatoms. The molecule has 2 N–H and O–H groups in total. The van der Waals surface area contributed by atoms with Crippen molar-refractivity contribution in [3.8, 4) is 0 Å². The number of hydrogen-bond acceptors (Lipinski definition) is 3. The van der Waals surface area contributed by atoms with E-state index in [2.05, 4.69) is 5.32 Å². The van der Waals surface area contributed by atoms with Gasteiger partial charge in [-0.15, -0.1) is 0 Å². The zero-order valence-corrected chi connectivity index (χ0v) is 13.4. The number of Topliss-reactive ketones (excluding diaryl/α,β-unsaturated/α-hetero) is 1. The molecule has 0 aliphatic heterocycles. The third kappa shape index (κ3) is 2.04. The van der Waals surface area contributed by atoms with Gasteiger partial charge in [0.2, 0.25) is 5.91 Å². The summed E-state index contributed by atoms with van der Waals surface area (Å²) in [6, 6.07) is 6.69. The minimum atomic E-state index is -0.884. The number of carboxylic acid groups (broad SMARTS) is 1. The van der Waals surface area contributed by atoms with Crippen LogP contribution in [0.3, 0.4) is 0 Å². The van der Waals surface area contributed by atoms with Crippen LogP contribution in [0.4, 0.5) is 5.69 Å². The maximum Gasteiger partial charge on any atom is 0.307 e. The van der Waals surface area contributed by atoms with Crippen molar-refractivity contribution >= 4 is 23.3 Å². The van der Waals surface area contributed by atoms with Gasteiger partial charge in [0.05, 0.1) is 11.8 Å². The van der Waals surface area contributed by atoms with E-state index in [1.165, 1.54) is 6.92 Å². The van der Waals surface area contributed by atoms with Crippen molar-refractivity contribution in [2.45, 2.75) is 19.8 Å². The molecule has 4 atom stereocenters. The van der Waals surface area contributed by atoms with E-state index in [0.29, 0.717) is 11.3 Å². The van der Waals surface area contributed by atoms with Gasteiger partial charge in [0.15, 0.2) is 5.78 Å². The molecule has 1 aromatic rings. The molecule has 5 nitrogen and oxygen atoms in total. The molecule has 1 aromatic carbocycles. The molecule has 2 bridgehead atoms. The van der Waals surface area contributed by atoms with Crippen LogP contribution in [0.15, 0.2) is 36.4 Å². The Hall–Kier alpha value is -2.43. The van der Waals surface area contributed by atoms with Crippen LogP contribution in [0.5, 0.6) is 0 Å². The van der Waals surface area contributed by atoms with Crippen LogP contribution in [0, 0.1) is 29.1 Å². The summed E-state index contributed by atoms with van der Waals surface area (Å²) in [7, 11) is 0. The Balaban J connectivity index is 1.56. The van der Waals surface area contributed by atoms with Crippen molar-refractivity contribution < 1.29 is 19.5 Å². The minimum Gasteiger partial charge on any atom is -0.481 e. The van der Waals surface area contributed by atoms with E-state index in [-0.39, 0.29) is 28.9 Å². The van der Waals surface area contributed by atoms with Crippen LogP contribution < -0.4 is 5.32 Å². The van der Waals surface area contributed by atoms with Crippen LogP contribution in [0.2, 0.25) is 0 Å². The van der Waals surface area contributed by atoms with Gasteiger partial charge in [0, 0.05) is 11.3 Å². The first-order valence-corrected chi connectivity index (χ1v) is 8.27. The highest BCUT2D eigenvalue weighted by molar-refractivity contribution is 5.98. The van der Waals surface area contributed by atoms with Gasteiger partial charge in [0.1, 0.15) is 0 Å². The maximum atomic E-state index is 12.8. The zero-order chi connectivity index (χ0) is 17.1. The molecule has 0 aromatic heterocycles. The van der Waals surface area contributed by atoms with E-state index in [0.717, 1.165) is 12.8 Å². The first-order valence-electron chi connectivity index (χ1n) is 8.27. The Morgan fingerprint density at radius 1 is 1.04 bits per heavy atom. The Bertz CT molecular complexity index is 760. The highest BCUT2D eigenvalue weighted by Gasteiger charge is 2.70. The van der Waals surface area contributed by atoms with Crippen LogP contribution >= 0.6 is 0 Å². The molecule has 1 amide bonds.